The molecule has 0 aliphatic carbocycles. The van der Waals surface area contributed by atoms with Gasteiger partial charge in [0.1, 0.15) is 11.9 Å². The number of hydrazine groups is 1. The number of hydrogen-bond acceptors (Lipinski definition) is 4. The molecule has 0 bridgehead atoms. The van der Waals surface area contributed by atoms with Crippen LogP contribution >= 0.6 is 0 Å². The van der Waals surface area contributed by atoms with Gasteiger partial charge in [-0.15, -0.1) is 0 Å². The van der Waals surface area contributed by atoms with Gasteiger partial charge in [0.25, 0.3) is 0 Å². The van der Waals surface area contributed by atoms with E-state index in [1.54, 1.807) is 23.2 Å². The topological polar surface area (TPSA) is 61.4 Å². The highest BCUT2D eigenvalue weighted by Gasteiger charge is 2.55. The molecule has 0 spiro atoms. The lowest BCUT2D eigenvalue weighted by Gasteiger charge is -2.22. The molecule has 5 nitrogen and oxygen atoms in total. The standard InChI is InChI=1S/C18H16FN3O2/c19-13-9-5-4-8-12(13)15-14-16(18(24)20-17(14)23)22(21-15)10-11-6-2-1-3-7-11/h1-9,14-16,21H,10H2,(H,20,23,24)/t14-,15-,16-/m0/s1. The predicted octanol–water partition coefficient (Wildman–Crippen LogP) is 1.53. The van der Waals surface area contributed by atoms with Crippen LogP contribution in [0.2, 0.25) is 0 Å². The van der Waals surface area contributed by atoms with Crippen molar-refractivity contribution >= 4 is 11.8 Å². The van der Waals surface area contributed by atoms with Crippen LogP contribution in [0.4, 0.5) is 4.39 Å². The SMILES string of the molecule is O=C1NC(=O)[C@@H]2[C@@H]1[C@H](c1ccccc1F)NN2Cc1ccccc1. The summed E-state index contributed by atoms with van der Waals surface area (Å²) in [6.07, 6.45) is 0. The third-order valence-electron chi connectivity index (χ3n) is 4.59. The van der Waals surface area contributed by atoms with Gasteiger partial charge in [-0.2, -0.15) is 0 Å². The quantitative estimate of drug-likeness (QED) is 0.840. The van der Waals surface area contributed by atoms with Crippen LogP contribution < -0.4 is 10.7 Å². The number of nitrogens with zero attached hydrogens (tertiary/aromatic N) is 1. The molecule has 0 radical (unpaired) electrons. The third kappa shape index (κ3) is 2.40. The Balaban J connectivity index is 1.69. The molecule has 3 atom stereocenters. The predicted molar refractivity (Wildman–Crippen MR) is 84.7 cm³/mol. The molecule has 2 saturated heterocycles. The van der Waals surface area contributed by atoms with Gasteiger partial charge < -0.3 is 0 Å². The fraction of sp³-hybridized carbons (Fsp3) is 0.222. The molecule has 122 valence electrons. The zero-order valence-corrected chi connectivity index (χ0v) is 12.8. The molecule has 24 heavy (non-hydrogen) atoms. The van der Waals surface area contributed by atoms with Crippen molar-refractivity contribution in [3.63, 3.8) is 0 Å². The number of amides is 2. The third-order valence-corrected chi connectivity index (χ3v) is 4.59. The minimum Gasteiger partial charge on any atom is -0.295 e. The molecular weight excluding hydrogens is 309 g/mol. The molecule has 2 aromatic carbocycles. The highest BCUT2D eigenvalue weighted by molar-refractivity contribution is 6.07. The number of fused-ring (bicyclic) bond motifs is 1. The summed E-state index contributed by atoms with van der Waals surface area (Å²) in [5, 5.41) is 4.11. The summed E-state index contributed by atoms with van der Waals surface area (Å²) >= 11 is 0. The summed E-state index contributed by atoms with van der Waals surface area (Å²) in [4.78, 5) is 24.5. The number of carbonyl (C=O) groups excluding carboxylic acids is 2. The summed E-state index contributed by atoms with van der Waals surface area (Å²) in [7, 11) is 0. The lowest BCUT2D eigenvalue weighted by Crippen LogP contribution is -2.43. The molecule has 4 rings (SSSR count). The van der Waals surface area contributed by atoms with Crippen LogP contribution in [0, 0.1) is 11.7 Å². The van der Waals surface area contributed by atoms with Crippen LogP contribution in [0.25, 0.3) is 0 Å². The van der Waals surface area contributed by atoms with Gasteiger partial charge >= 0.3 is 0 Å². The average Bonchev–Trinajstić information content (AvgIpc) is 3.09. The van der Waals surface area contributed by atoms with Crippen LogP contribution in [-0.2, 0) is 16.1 Å². The van der Waals surface area contributed by atoms with E-state index in [2.05, 4.69) is 10.7 Å². The normalized spacial score (nSPS) is 26.5. The van der Waals surface area contributed by atoms with E-state index in [0.29, 0.717) is 12.1 Å². The highest BCUT2D eigenvalue weighted by atomic mass is 19.1. The van der Waals surface area contributed by atoms with Gasteiger partial charge in [-0.3, -0.25) is 14.9 Å². The summed E-state index contributed by atoms with van der Waals surface area (Å²) < 4.78 is 14.2. The minimum absolute atomic E-state index is 0.340. The van der Waals surface area contributed by atoms with Gasteiger partial charge in [0.2, 0.25) is 11.8 Å². The molecule has 2 aromatic rings. The van der Waals surface area contributed by atoms with Crippen LogP contribution in [-0.4, -0.2) is 22.9 Å². The Morgan fingerprint density at radius 1 is 0.958 bits per heavy atom. The first kappa shape index (κ1) is 15.0. The first-order chi connectivity index (χ1) is 11.6. The van der Waals surface area contributed by atoms with Gasteiger partial charge in [0, 0.05) is 12.1 Å². The van der Waals surface area contributed by atoms with Gasteiger partial charge in [-0.05, 0) is 11.6 Å². The van der Waals surface area contributed by atoms with E-state index in [1.807, 2.05) is 30.3 Å². The van der Waals surface area contributed by atoms with Gasteiger partial charge in [-0.1, -0.05) is 48.5 Å². The Hall–Kier alpha value is -2.57. The first-order valence-electron chi connectivity index (χ1n) is 7.81. The van der Waals surface area contributed by atoms with Crippen molar-refractivity contribution in [1.82, 2.24) is 15.8 Å². The van der Waals surface area contributed by atoms with Crippen molar-refractivity contribution in [1.29, 1.82) is 0 Å². The molecule has 6 heteroatoms. The zero-order chi connectivity index (χ0) is 16.7. The molecule has 2 aliphatic rings. The minimum atomic E-state index is -0.641. The molecule has 0 unspecified atom stereocenters. The molecule has 2 aliphatic heterocycles. The second-order valence-corrected chi connectivity index (χ2v) is 6.07. The summed E-state index contributed by atoms with van der Waals surface area (Å²) in [5.41, 5.74) is 4.57. The average molecular weight is 325 g/mol. The first-order valence-corrected chi connectivity index (χ1v) is 7.81. The lowest BCUT2D eigenvalue weighted by atomic mass is 9.90. The fourth-order valence-electron chi connectivity index (χ4n) is 3.51. The number of hydrogen-bond donors (Lipinski definition) is 2. The number of halogens is 1. The fourth-order valence-corrected chi connectivity index (χ4v) is 3.51. The number of carbonyl (C=O) groups is 2. The lowest BCUT2D eigenvalue weighted by molar-refractivity contribution is -0.127. The van der Waals surface area contributed by atoms with E-state index in [9.17, 15) is 14.0 Å². The second kappa shape index (κ2) is 5.81. The molecule has 2 N–H and O–H groups in total. The summed E-state index contributed by atoms with van der Waals surface area (Å²) in [6.45, 7) is 0.452. The molecule has 0 saturated carbocycles. The van der Waals surface area contributed by atoms with E-state index in [1.165, 1.54) is 6.07 Å². The summed E-state index contributed by atoms with van der Waals surface area (Å²) in [5.74, 6) is -1.73. The Morgan fingerprint density at radius 2 is 1.67 bits per heavy atom. The molecular formula is C18H16FN3O2. The van der Waals surface area contributed by atoms with Crippen molar-refractivity contribution < 1.29 is 14.0 Å². The maximum atomic E-state index is 14.2. The van der Waals surface area contributed by atoms with E-state index >= 15 is 0 Å². The van der Waals surface area contributed by atoms with Crippen LogP contribution in [0.3, 0.4) is 0 Å². The molecule has 0 aromatic heterocycles. The van der Waals surface area contributed by atoms with Crippen molar-refractivity contribution in [2.24, 2.45) is 5.92 Å². The number of imide groups is 1. The van der Waals surface area contributed by atoms with Crippen LogP contribution in [0.5, 0.6) is 0 Å². The Morgan fingerprint density at radius 3 is 2.42 bits per heavy atom. The smallest absolute Gasteiger partial charge is 0.246 e. The highest BCUT2D eigenvalue weighted by Crippen LogP contribution is 2.38. The van der Waals surface area contributed by atoms with Crippen molar-refractivity contribution in [3.05, 3.63) is 71.5 Å². The number of nitrogens with one attached hydrogen (secondary N) is 2. The Bertz CT molecular complexity index is 796. The monoisotopic (exact) mass is 325 g/mol. The van der Waals surface area contributed by atoms with Gasteiger partial charge in [0.05, 0.1) is 12.0 Å². The van der Waals surface area contributed by atoms with E-state index in [-0.39, 0.29) is 17.6 Å². The largest absolute Gasteiger partial charge is 0.295 e. The van der Waals surface area contributed by atoms with Crippen LogP contribution in [0.1, 0.15) is 17.2 Å². The van der Waals surface area contributed by atoms with Crippen molar-refractivity contribution in [3.8, 4) is 0 Å². The molecule has 2 heterocycles. The van der Waals surface area contributed by atoms with Gasteiger partial charge in [0.15, 0.2) is 0 Å². The zero-order valence-electron chi connectivity index (χ0n) is 12.8. The Labute approximate surface area is 138 Å². The van der Waals surface area contributed by atoms with E-state index in [0.717, 1.165) is 5.56 Å². The summed E-state index contributed by atoms with van der Waals surface area (Å²) in [6, 6.07) is 14.8. The Kier molecular flexibility index (Phi) is 3.63. The van der Waals surface area contributed by atoms with E-state index in [4.69, 9.17) is 0 Å². The van der Waals surface area contributed by atoms with Crippen molar-refractivity contribution in [2.75, 3.05) is 0 Å². The van der Waals surface area contributed by atoms with Crippen LogP contribution in [0.15, 0.2) is 54.6 Å². The number of benzene rings is 2. The van der Waals surface area contributed by atoms with Gasteiger partial charge in [-0.25, -0.2) is 14.8 Å². The molecule has 2 amide bonds. The number of rotatable bonds is 3. The molecule has 2 fully saturated rings. The maximum absolute atomic E-state index is 14.2. The second-order valence-electron chi connectivity index (χ2n) is 6.07. The van der Waals surface area contributed by atoms with Crippen molar-refractivity contribution in [2.45, 2.75) is 18.6 Å². The maximum Gasteiger partial charge on any atom is 0.246 e. The van der Waals surface area contributed by atoms with E-state index < -0.39 is 18.0 Å².